The molecule has 5 nitrogen and oxygen atoms in total. The third kappa shape index (κ3) is 6.46. The van der Waals surface area contributed by atoms with E-state index in [0.29, 0.717) is 6.42 Å². The first kappa shape index (κ1) is 14.4. The second kappa shape index (κ2) is 4.94. The Morgan fingerprint density at radius 1 is 1.40 bits per heavy atom. The molecule has 0 saturated carbocycles. The number of carbonyl (C=O) groups excluding carboxylic acids is 1. The maximum atomic E-state index is 11.3. The average molecular weight is 236 g/mol. The number of carbonyl (C=O) groups is 1. The Hall–Kier alpha value is -0.620. The molecule has 0 aliphatic carbocycles. The molecule has 0 rings (SSSR count). The molecule has 0 bridgehead atoms. The second-order valence-electron chi connectivity index (χ2n) is 4.61. The largest absolute Gasteiger partial charge is 0.326 e. The Morgan fingerprint density at radius 2 is 1.87 bits per heavy atom. The summed E-state index contributed by atoms with van der Waals surface area (Å²) >= 11 is 0. The van der Waals surface area contributed by atoms with Gasteiger partial charge in [-0.2, -0.15) is 0 Å². The van der Waals surface area contributed by atoms with Crippen LogP contribution in [0.3, 0.4) is 0 Å². The van der Waals surface area contributed by atoms with E-state index in [1.165, 1.54) is 13.8 Å². The van der Waals surface area contributed by atoms with E-state index in [0.717, 1.165) is 0 Å². The highest BCUT2D eigenvalue weighted by molar-refractivity contribution is 7.90. The summed E-state index contributed by atoms with van der Waals surface area (Å²) in [6, 6.07) is 0. The zero-order valence-electron chi connectivity index (χ0n) is 9.70. The van der Waals surface area contributed by atoms with Crippen molar-refractivity contribution in [2.75, 3.05) is 0 Å². The van der Waals surface area contributed by atoms with Gasteiger partial charge in [-0.3, -0.25) is 9.52 Å². The van der Waals surface area contributed by atoms with Crippen molar-refractivity contribution in [3.05, 3.63) is 0 Å². The van der Waals surface area contributed by atoms with Gasteiger partial charge in [0.2, 0.25) is 15.9 Å². The summed E-state index contributed by atoms with van der Waals surface area (Å²) in [6.45, 7) is 6.61. The Bertz CT molecular complexity index is 315. The van der Waals surface area contributed by atoms with Crippen molar-refractivity contribution >= 4 is 15.9 Å². The van der Waals surface area contributed by atoms with E-state index < -0.39 is 26.7 Å². The molecule has 0 aromatic heterocycles. The SMILES string of the molecule is CC(C)S(=O)(=O)NC(=O)CCC(C)(C)N. The van der Waals surface area contributed by atoms with E-state index in [1.54, 1.807) is 13.8 Å². The lowest BCUT2D eigenvalue weighted by atomic mass is 10.0. The van der Waals surface area contributed by atoms with Crippen molar-refractivity contribution in [3.63, 3.8) is 0 Å². The second-order valence-corrected chi connectivity index (χ2v) is 6.84. The van der Waals surface area contributed by atoms with Gasteiger partial charge in [-0.1, -0.05) is 0 Å². The number of hydrogen-bond donors (Lipinski definition) is 2. The smallest absolute Gasteiger partial charge is 0.237 e. The summed E-state index contributed by atoms with van der Waals surface area (Å²) in [4.78, 5) is 11.3. The van der Waals surface area contributed by atoms with Crippen molar-refractivity contribution in [2.45, 2.75) is 51.3 Å². The van der Waals surface area contributed by atoms with Crippen molar-refractivity contribution in [3.8, 4) is 0 Å². The number of rotatable bonds is 5. The Labute approximate surface area is 91.5 Å². The van der Waals surface area contributed by atoms with Gasteiger partial charge in [-0.25, -0.2) is 8.42 Å². The van der Waals surface area contributed by atoms with Crippen molar-refractivity contribution in [1.82, 2.24) is 4.72 Å². The van der Waals surface area contributed by atoms with E-state index in [9.17, 15) is 13.2 Å². The van der Waals surface area contributed by atoms with E-state index in [-0.39, 0.29) is 6.42 Å². The van der Waals surface area contributed by atoms with Crippen LogP contribution in [0, 0.1) is 0 Å². The van der Waals surface area contributed by atoms with Crippen LogP contribution >= 0.6 is 0 Å². The molecule has 0 unspecified atom stereocenters. The van der Waals surface area contributed by atoms with Crippen LogP contribution in [-0.4, -0.2) is 25.1 Å². The Morgan fingerprint density at radius 3 is 2.20 bits per heavy atom. The summed E-state index contributed by atoms with van der Waals surface area (Å²) in [5, 5.41) is -0.604. The molecule has 0 heterocycles. The number of sulfonamides is 1. The van der Waals surface area contributed by atoms with Gasteiger partial charge in [0.25, 0.3) is 0 Å². The van der Waals surface area contributed by atoms with Crippen LogP contribution in [0.15, 0.2) is 0 Å². The average Bonchev–Trinajstić information content (AvgIpc) is 1.98. The number of nitrogens with one attached hydrogen (secondary N) is 1. The first-order valence-corrected chi connectivity index (χ1v) is 6.42. The van der Waals surface area contributed by atoms with Gasteiger partial charge in [0.05, 0.1) is 5.25 Å². The Balaban J connectivity index is 4.18. The number of nitrogens with two attached hydrogens (primary N) is 1. The van der Waals surface area contributed by atoms with Crippen LogP contribution < -0.4 is 10.5 Å². The summed E-state index contributed by atoms with van der Waals surface area (Å²) < 4.78 is 24.6. The first-order valence-electron chi connectivity index (χ1n) is 4.88. The van der Waals surface area contributed by atoms with Crippen LogP contribution in [0.1, 0.15) is 40.5 Å². The fourth-order valence-electron chi connectivity index (χ4n) is 0.763. The molecule has 0 aliphatic rings. The van der Waals surface area contributed by atoms with Crippen LogP contribution in [0.4, 0.5) is 0 Å². The number of amides is 1. The lowest BCUT2D eigenvalue weighted by Crippen LogP contribution is -2.38. The number of hydrogen-bond acceptors (Lipinski definition) is 4. The fraction of sp³-hybridized carbons (Fsp3) is 0.889. The molecule has 0 atom stereocenters. The molecule has 3 N–H and O–H groups in total. The minimum Gasteiger partial charge on any atom is -0.326 e. The molecule has 90 valence electrons. The lowest BCUT2D eigenvalue weighted by molar-refractivity contribution is -0.119. The molecule has 15 heavy (non-hydrogen) atoms. The quantitative estimate of drug-likeness (QED) is 0.721. The molecule has 0 aliphatic heterocycles. The molecule has 0 fully saturated rings. The molecule has 0 aromatic rings. The van der Waals surface area contributed by atoms with Crippen molar-refractivity contribution in [2.24, 2.45) is 5.73 Å². The maximum Gasteiger partial charge on any atom is 0.237 e. The van der Waals surface area contributed by atoms with Gasteiger partial charge in [0.15, 0.2) is 0 Å². The molecular weight excluding hydrogens is 216 g/mol. The third-order valence-electron chi connectivity index (χ3n) is 1.87. The fourth-order valence-corrected chi connectivity index (χ4v) is 1.42. The molecule has 0 radical (unpaired) electrons. The molecule has 1 amide bonds. The summed E-state index contributed by atoms with van der Waals surface area (Å²) in [7, 11) is -3.51. The highest BCUT2D eigenvalue weighted by atomic mass is 32.2. The topological polar surface area (TPSA) is 89.3 Å². The lowest BCUT2D eigenvalue weighted by Gasteiger charge is -2.17. The highest BCUT2D eigenvalue weighted by Gasteiger charge is 2.20. The maximum absolute atomic E-state index is 11.3. The predicted molar refractivity (Wildman–Crippen MR) is 59.7 cm³/mol. The van der Waals surface area contributed by atoms with E-state index in [4.69, 9.17) is 5.73 Å². The Kier molecular flexibility index (Phi) is 4.73. The minimum atomic E-state index is -3.51. The van der Waals surface area contributed by atoms with Gasteiger partial charge in [-0.05, 0) is 34.1 Å². The van der Waals surface area contributed by atoms with E-state index in [1.807, 2.05) is 4.72 Å². The van der Waals surface area contributed by atoms with E-state index in [2.05, 4.69) is 0 Å². The third-order valence-corrected chi connectivity index (χ3v) is 3.63. The predicted octanol–water partition coefficient (Wildman–Crippen LogP) is 0.358. The van der Waals surface area contributed by atoms with Crippen LogP contribution in [0.5, 0.6) is 0 Å². The first-order chi connectivity index (χ1) is 6.54. The van der Waals surface area contributed by atoms with Crippen LogP contribution in [0.2, 0.25) is 0 Å². The van der Waals surface area contributed by atoms with Gasteiger partial charge in [0.1, 0.15) is 0 Å². The van der Waals surface area contributed by atoms with E-state index >= 15 is 0 Å². The van der Waals surface area contributed by atoms with Gasteiger partial charge < -0.3 is 5.73 Å². The van der Waals surface area contributed by atoms with Gasteiger partial charge >= 0.3 is 0 Å². The molecule has 0 spiro atoms. The van der Waals surface area contributed by atoms with Crippen molar-refractivity contribution in [1.29, 1.82) is 0 Å². The standard InChI is InChI=1S/C9H20N2O3S/c1-7(2)15(13,14)11-8(12)5-6-9(3,4)10/h7H,5-6,10H2,1-4H3,(H,11,12). The highest BCUT2D eigenvalue weighted by Crippen LogP contribution is 2.07. The van der Waals surface area contributed by atoms with Gasteiger partial charge in [-0.15, -0.1) is 0 Å². The zero-order chi connectivity index (χ0) is 12.3. The van der Waals surface area contributed by atoms with Crippen molar-refractivity contribution < 1.29 is 13.2 Å². The summed E-state index contributed by atoms with van der Waals surface area (Å²) in [6.07, 6.45) is 0.571. The van der Waals surface area contributed by atoms with Crippen LogP contribution in [-0.2, 0) is 14.8 Å². The summed E-state index contributed by atoms with van der Waals surface area (Å²) in [5.41, 5.74) is 5.22. The normalized spacial score (nSPS) is 12.9. The molecule has 6 heteroatoms. The molecule has 0 aromatic carbocycles. The minimum absolute atomic E-state index is 0.120. The van der Waals surface area contributed by atoms with Crippen LogP contribution in [0.25, 0.3) is 0 Å². The van der Waals surface area contributed by atoms with Gasteiger partial charge in [0, 0.05) is 12.0 Å². The summed E-state index contributed by atoms with van der Waals surface area (Å²) in [5.74, 6) is -0.498. The molecule has 0 saturated heterocycles. The zero-order valence-corrected chi connectivity index (χ0v) is 10.5. The molecular formula is C9H20N2O3S. The monoisotopic (exact) mass is 236 g/mol.